The molecular formula is C18H16N2O5. The first-order valence-electron chi connectivity index (χ1n) is 7.89. The third kappa shape index (κ3) is 4.20. The maximum absolute atomic E-state index is 11.9. The highest BCUT2D eigenvalue weighted by atomic mass is 16.6. The fraction of sp³-hybridized carbons (Fsp3) is 0.222. The maximum atomic E-state index is 11.9. The Morgan fingerprint density at radius 3 is 2.68 bits per heavy atom. The van der Waals surface area contributed by atoms with E-state index in [1.165, 1.54) is 23.8 Å². The number of fused-ring (bicyclic) bond motifs is 1. The van der Waals surface area contributed by atoms with Gasteiger partial charge in [-0.3, -0.25) is 10.1 Å². The van der Waals surface area contributed by atoms with Gasteiger partial charge >= 0.3 is 11.7 Å². The number of hydrogen-bond acceptors (Lipinski definition) is 6. The zero-order valence-corrected chi connectivity index (χ0v) is 13.4. The molecule has 2 aromatic carbocycles. The zero-order valence-electron chi connectivity index (χ0n) is 13.4. The van der Waals surface area contributed by atoms with Gasteiger partial charge in [0, 0.05) is 12.1 Å². The van der Waals surface area contributed by atoms with Crippen molar-refractivity contribution in [2.75, 3.05) is 6.61 Å². The van der Waals surface area contributed by atoms with Crippen LogP contribution in [0.3, 0.4) is 0 Å². The molecule has 128 valence electrons. The molecule has 7 heteroatoms. The van der Waals surface area contributed by atoms with Gasteiger partial charge in [-0.05, 0) is 30.9 Å². The third-order valence-corrected chi connectivity index (χ3v) is 3.73. The average Bonchev–Trinajstić information content (AvgIpc) is 2.62. The van der Waals surface area contributed by atoms with E-state index in [1.54, 1.807) is 0 Å². The Hall–Kier alpha value is -3.22. The van der Waals surface area contributed by atoms with E-state index in [9.17, 15) is 14.9 Å². The number of hydrogen-bond donors (Lipinski definition) is 0. The standard InChI is InChI=1S/C18H16N2O5/c21-17-15-10-9-14(20(22)23)12-16(15)19-18(25-17)24-11-5-4-8-13-6-2-1-3-7-13/h1-3,6-7,9-10,12H,4-5,8,11H2. The summed E-state index contributed by atoms with van der Waals surface area (Å²) < 4.78 is 10.4. The lowest BCUT2D eigenvalue weighted by Crippen LogP contribution is -2.07. The predicted octanol–water partition coefficient (Wildman–Crippen LogP) is 3.50. The molecule has 7 nitrogen and oxygen atoms in total. The molecule has 0 aliphatic rings. The van der Waals surface area contributed by atoms with Gasteiger partial charge in [-0.15, -0.1) is 0 Å². The molecule has 3 rings (SSSR count). The van der Waals surface area contributed by atoms with Crippen LogP contribution in [-0.4, -0.2) is 16.5 Å². The molecular weight excluding hydrogens is 324 g/mol. The van der Waals surface area contributed by atoms with Gasteiger partial charge in [-0.25, -0.2) is 4.79 Å². The van der Waals surface area contributed by atoms with Gasteiger partial charge in [0.15, 0.2) is 0 Å². The van der Waals surface area contributed by atoms with E-state index in [-0.39, 0.29) is 22.7 Å². The van der Waals surface area contributed by atoms with Crippen LogP contribution in [0, 0.1) is 10.1 Å². The van der Waals surface area contributed by atoms with Gasteiger partial charge < -0.3 is 9.15 Å². The lowest BCUT2D eigenvalue weighted by Gasteiger charge is -2.05. The molecule has 0 saturated carbocycles. The quantitative estimate of drug-likeness (QED) is 0.371. The van der Waals surface area contributed by atoms with Crippen molar-refractivity contribution in [2.24, 2.45) is 0 Å². The largest absolute Gasteiger partial charge is 0.450 e. The number of nitro groups is 1. The van der Waals surface area contributed by atoms with E-state index in [2.05, 4.69) is 17.1 Å². The fourth-order valence-electron chi connectivity index (χ4n) is 2.45. The van der Waals surface area contributed by atoms with Crippen molar-refractivity contribution in [1.29, 1.82) is 0 Å². The summed E-state index contributed by atoms with van der Waals surface area (Å²) in [6.07, 6.45) is 2.46. The zero-order chi connectivity index (χ0) is 17.6. The summed E-state index contributed by atoms with van der Waals surface area (Å²) in [7, 11) is 0. The summed E-state index contributed by atoms with van der Waals surface area (Å²) in [6.45, 7) is 0.350. The van der Waals surface area contributed by atoms with E-state index in [0.717, 1.165) is 19.3 Å². The monoisotopic (exact) mass is 340 g/mol. The summed E-state index contributed by atoms with van der Waals surface area (Å²) in [4.78, 5) is 26.2. The van der Waals surface area contributed by atoms with Gasteiger partial charge in [-0.2, -0.15) is 4.98 Å². The Labute approximate surface area is 143 Å². The summed E-state index contributed by atoms with van der Waals surface area (Å²) in [6, 6.07) is 13.9. The van der Waals surface area contributed by atoms with Crippen LogP contribution in [0.5, 0.6) is 6.08 Å². The van der Waals surface area contributed by atoms with Crippen molar-refractivity contribution in [3.63, 3.8) is 0 Å². The molecule has 0 amide bonds. The Morgan fingerprint density at radius 1 is 1.12 bits per heavy atom. The first-order valence-corrected chi connectivity index (χ1v) is 7.89. The van der Waals surface area contributed by atoms with Crippen molar-refractivity contribution < 1.29 is 14.1 Å². The molecule has 0 N–H and O–H groups in total. The van der Waals surface area contributed by atoms with Gasteiger partial charge in [0.2, 0.25) is 0 Å². The number of ether oxygens (including phenoxy) is 1. The normalized spacial score (nSPS) is 10.7. The fourth-order valence-corrected chi connectivity index (χ4v) is 2.45. The summed E-state index contributed by atoms with van der Waals surface area (Å²) in [5.74, 6) is 0. The van der Waals surface area contributed by atoms with Crippen LogP contribution in [0.25, 0.3) is 10.9 Å². The second kappa shape index (κ2) is 7.57. The summed E-state index contributed by atoms with van der Waals surface area (Å²) in [5, 5.41) is 11.0. The minimum absolute atomic E-state index is 0.139. The van der Waals surface area contributed by atoms with Crippen molar-refractivity contribution in [2.45, 2.75) is 19.3 Å². The second-order valence-corrected chi connectivity index (χ2v) is 5.52. The Bertz CT molecular complexity index is 937. The van der Waals surface area contributed by atoms with Crippen LogP contribution in [0.1, 0.15) is 18.4 Å². The molecule has 0 spiro atoms. The Balaban J connectivity index is 1.61. The molecule has 0 unspecified atom stereocenters. The van der Waals surface area contributed by atoms with Crippen LogP contribution in [-0.2, 0) is 6.42 Å². The highest BCUT2D eigenvalue weighted by Crippen LogP contribution is 2.19. The number of aryl methyl sites for hydroxylation is 1. The van der Waals surface area contributed by atoms with Crippen molar-refractivity contribution in [3.05, 3.63) is 74.6 Å². The SMILES string of the molecule is O=c1oc(OCCCCc2ccccc2)nc2cc([N+](=O)[O-])ccc12. The number of non-ortho nitro benzene ring substituents is 1. The molecule has 0 fully saturated rings. The van der Waals surface area contributed by atoms with Crippen molar-refractivity contribution in [3.8, 4) is 6.08 Å². The number of nitrogens with zero attached hydrogens (tertiary/aromatic N) is 2. The highest BCUT2D eigenvalue weighted by molar-refractivity contribution is 5.79. The summed E-state index contributed by atoms with van der Waals surface area (Å²) >= 11 is 0. The lowest BCUT2D eigenvalue weighted by atomic mass is 10.1. The molecule has 0 atom stereocenters. The Kier molecular flexibility index (Phi) is 5.03. The molecule has 0 aliphatic carbocycles. The van der Waals surface area contributed by atoms with Crippen molar-refractivity contribution >= 4 is 16.6 Å². The molecule has 25 heavy (non-hydrogen) atoms. The third-order valence-electron chi connectivity index (χ3n) is 3.73. The van der Waals surface area contributed by atoms with E-state index < -0.39 is 10.5 Å². The molecule has 0 saturated heterocycles. The van der Waals surface area contributed by atoms with Crippen LogP contribution in [0.4, 0.5) is 5.69 Å². The minimum atomic E-state index is -0.626. The lowest BCUT2D eigenvalue weighted by molar-refractivity contribution is -0.384. The Morgan fingerprint density at radius 2 is 1.92 bits per heavy atom. The van der Waals surface area contributed by atoms with Gasteiger partial charge in [0.05, 0.1) is 22.4 Å². The van der Waals surface area contributed by atoms with Crippen molar-refractivity contribution in [1.82, 2.24) is 4.98 Å². The van der Waals surface area contributed by atoms with Crippen LogP contribution in [0.15, 0.2) is 57.7 Å². The molecule has 1 aromatic heterocycles. The number of rotatable bonds is 7. The van der Waals surface area contributed by atoms with Crippen LogP contribution < -0.4 is 10.4 Å². The van der Waals surface area contributed by atoms with E-state index in [1.807, 2.05) is 18.2 Å². The number of unbranched alkanes of at least 4 members (excludes halogenated alkanes) is 1. The van der Waals surface area contributed by atoms with Crippen LogP contribution in [0.2, 0.25) is 0 Å². The van der Waals surface area contributed by atoms with Gasteiger partial charge in [0.25, 0.3) is 5.69 Å². The van der Waals surface area contributed by atoms with E-state index >= 15 is 0 Å². The first-order chi connectivity index (χ1) is 12.1. The van der Waals surface area contributed by atoms with E-state index in [4.69, 9.17) is 9.15 Å². The minimum Gasteiger partial charge on any atom is -0.450 e. The summed E-state index contributed by atoms with van der Waals surface area (Å²) in [5.41, 5.74) is 0.675. The maximum Gasteiger partial charge on any atom is 0.397 e. The number of aromatic nitrogens is 1. The smallest absolute Gasteiger partial charge is 0.397 e. The second-order valence-electron chi connectivity index (χ2n) is 5.52. The van der Waals surface area contributed by atoms with Gasteiger partial charge in [-0.1, -0.05) is 30.3 Å². The van der Waals surface area contributed by atoms with Gasteiger partial charge in [0.1, 0.15) is 0 Å². The van der Waals surface area contributed by atoms with E-state index in [0.29, 0.717) is 6.61 Å². The highest BCUT2D eigenvalue weighted by Gasteiger charge is 2.12. The average molecular weight is 340 g/mol. The molecule has 0 bridgehead atoms. The topological polar surface area (TPSA) is 95.5 Å². The molecule has 3 aromatic rings. The van der Waals surface area contributed by atoms with Crippen LogP contribution >= 0.6 is 0 Å². The molecule has 0 radical (unpaired) electrons. The molecule has 0 aliphatic heterocycles. The number of nitro benzene ring substituents is 1. The predicted molar refractivity (Wildman–Crippen MR) is 91.8 cm³/mol. The molecule has 1 heterocycles. The first kappa shape index (κ1) is 16.6. The number of benzene rings is 2.